The number of fused-ring (bicyclic) bond motifs is 1. The number of nitrogens with one attached hydrogen (secondary N) is 2. The zero-order valence-electron chi connectivity index (χ0n) is 23.4. The highest BCUT2D eigenvalue weighted by molar-refractivity contribution is 5.81. The van der Waals surface area contributed by atoms with Gasteiger partial charge in [0.1, 0.15) is 11.8 Å². The number of hydrogen-bond acceptors (Lipinski definition) is 10. The number of anilines is 1. The molecule has 0 saturated carbocycles. The van der Waals surface area contributed by atoms with Crippen LogP contribution < -0.4 is 21.5 Å². The van der Waals surface area contributed by atoms with Crippen LogP contribution in [0, 0.1) is 5.92 Å². The minimum atomic E-state index is -0.265. The van der Waals surface area contributed by atoms with Crippen molar-refractivity contribution in [2.75, 3.05) is 72.5 Å². The van der Waals surface area contributed by atoms with Crippen LogP contribution in [0.4, 0.5) is 5.82 Å². The summed E-state index contributed by atoms with van der Waals surface area (Å²) in [6, 6.07) is 0.193. The minimum Gasteiger partial charge on any atom is -0.463 e. The van der Waals surface area contributed by atoms with Crippen molar-refractivity contribution in [3.63, 3.8) is 0 Å². The van der Waals surface area contributed by atoms with Gasteiger partial charge in [-0.15, -0.1) is 0 Å². The van der Waals surface area contributed by atoms with E-state index in [1.807, 2.05) is 7.05 Å². The summed E-state index contributed by atoms with van der Waals surface area (Å²) in [5, 5.41) is 3.07. The van der Waals surface area contributed by atoms with Crippen LogP contribution in [0.15, 0.2) is 4.79 Å². The molecule has 216 valence electrons. The molecule has 1 saturated heterocycles. The second-order valence-corrected chi connectivity index (χ2v) is 9.52. The summed E-state index contributed by atoms with van der Waals surface area (Å²) in [5.74, 6) is 0.735. The number of hydrogen-bond donors (Lipinski definition) is 3. The van der Waals surface area contributed by atoms with Gasteiger partial charge in [0.05, 0.1) is 13.2 Å². The third kappa shape index (κ3) is 11.1. The first-order valence-corrected chi connectivity index (χ1v) is 13.8. The molecule has 0 aromatic carbocycles. The van der Waals surface area contributed by atoms with E-state index in [4.69, 9.17) is 19.9 Å². The van der Waals surface area contributed by atoms with E-state index in [1.54, 1.807) is 11.7 Å². The van der Waals surface area contributed by atoms with E-state index in [0.717, 1.165) is 64.6 Å². The molecule has 2 aromatic heterocycles. The van der Waals surface area contributed by atoms with Gasteiger partial charge >= 0.3 is 11.7 Å². The number of nitrogens with zero attached hydrogens (tertiary/aromatic N) is 4. The number of aromatic amines is 1. The summed E-state index contributed by atoms with van der Waals surface area (Å²) in [7, 11) is 3.70. The number of aldehydes is 1. The molecule has 0 amide bonds. The first-order valence-electron chi connectivity index (χ1n) is 13.8. The van der Waals surface area contributed by atoms with Gasteiger partial charge in [-0.2, -0.15) is 9.97 Å². The van der Waals surface area contributed by atoms with Gasteiger partial charge in [0.25, 0.3) is 0 Å². The van der Waals surface area contributed by atoms with Gasteiger partial charge in [-0.1, -0.05) is 13.3 Å². The van der Waals surface area contributed by atoms with E-state index >= 15 is 0 Å². The zero-order valence-corrected chi connectivity index (χ0v) is 23.4. The summed E-state index contributed by atoms with van der Waals surface area (Å²) in [6.45, 7) is 8.74. The SMILES string of the molecule is CCCCOc1nc(N)c2[nH]c(=O)n(CCCOCC3CCN(CC=O)CC3)c2n1.CNCCCCOC. The molecule has 1 fully saturated rings. The second-order valence-electron chi connectivity index (χ2n) is 9.52. The fraction of sp³-hybridized carbons (Fsp3) is 0.769. The number of aromatic nitrogens is 4. The number of carbonyl (C=O) groups excluding carboxylic acids is 1. The predicted octanol–water partition coefficient (Wildman–Crippen LogP) is 1.83. The first-order chi connectivity index (χ1) is 18.5. The highest BCUT2D eigenvalue weighted by Crippen LogP contribution is 2.19. The lowest BCUT2D eigenvalue weighted by Gasteiger charge is -2.30. The number of nitrogens with two attached hydrogens (primary N) is 1. The maximum Gasteiger partial charge on any atom is 0.327 e. The van der Waals surface area contributed by atoms with Crippen LogP contribution in [0.25, 0.3) is 11.2 Å². The van der Waals surface area contributed by atoms with E-state index < -0.39 is 0 Å². The molecule has 0 atom stereocenters. The van der Waals surface area contributed by atoms with Crippen LogP contribution in [0.3, 0.4) is 0 Å². The van der Waals surface area contributed by atoms with E-state index in [9.17, 15) is 9.59 Å². The molecule has 4 N–H and O–H groups in total. The number of imidazole rings is 1. The maximum absolute atomic E-state index is 12.3. The molecule has 12 heteroatoms. The lowest BCUT2D eigenvalue weighted by atomic mass is 9.98. The van der Waals surface area contributed by atoms with Crippen molar-refractivity contribution in [1.82, 2.24) is 29.7 Å². The molecule has 12 nitrogen and oxygen atoms in total. The van der Waals surface area contributed by atoms with Crippen molar-refractivity contribution in [2.45, 2.75) is 58.4 Å². The average Bonchev–Trinajstić information content (AvgIpc) is 3.24. The molecule has 1 aliphatic heterocycles. The van der Waals surface area contributed by atoms with Gasteiger partial charge in [-0.05, 0) is 71.1 Å². The van der Waals surface area contributed by atoms with E-state index in [-0.39, 0.29) is 17.5 Å². The monoisotopic (exact) mass is 537 g/mol. The van der Waals surface area contributed by atoms with Crippen LogP contribution in [0.2, 0.25) is 0 Å². The van der Waals surface area contributed by atoms with E-state index in [0.29, 0.717) is 56.4 Å². The van der Waals surface area contributed by atoms with Crippen LogP contribution in [0.5, 0.6) is 6.01 Å². The highest BCUT2D eigenvalue weighted by atomic mass is 16.5. The van der Waals surface area contributed by atoms with Gasteiger partial charge < -0.3 is 35.0 Å². The van der Waals surface area contributed by atoms with Crippen LogP contribution >= 0.6 is 0 Å². The summed E-state index contributed by atoms with van der Waals surface area (Å²) < 4.78 is 17.8. The molecule has 38 heavy (non-hydrogen) atoms. The van der Waals surface area contributed by atoms with Crippen molar-refractivity contribution >= 4 is 23.3 Å². The summed E-state index contributed by atoms with van der Waals surface area (Å²) >= 11 is 0. The molecule has 3 rings (SSSR count). The number of likely N-dealkylation sites (tertiary alicyclic amines) is 1. The number of aryl methyl sites for hydroxylation is 1. The normalized spacial score (nSPS) is 14.4. The molecular formula is C26H47N7O5. The Kier molecular flexibility index (Phi) is 15.6. The Morgan fingerprint density at radius 3 is 2.61 bits per heavy atom. The fourth-order valence-corrected chi connectivity index (χ4v) is 4.17. The van der Waals surface area contributed by atoms with Crippen LogP contribution in [0.1, 0.15) is 51.9 Å². The van der Waals surface area contributed by atoms with Crippen molar-refractivity contribution < 1.29 is 19.0 Å². The standard InChI is InChI=1S/C20H32N6O4.C6H15NO/c1-2-3-13-30-19-23-17(21)16-18(24-19)26(20(28)22-16)7-4-12-29-14-15-5-8-25(9-6-15)10-11-27;1-7-5-3-4-6-8-2/h11,15H,2-10,12-14H2,1H3,(H,22,28)(H2,21,23,24);7H,3-6H2,1-2H3. The van der Waals surface area contributed by atoms with Gasteiger partial charge in [-0.25, -0.2) is 4.79 Å². The number of rotatable bonds is 17. The quantitative estimate of drug-likeness (QED) is 0.201. The molecule has 0 aliphatic carbocycles. The van der Waals surface area contributed by atoms with Crippen molar-refractivity contribution in [1.29, 1.82) is 0 Å². The molecule has 0 unspecified atom stereocenters. The zero-order chi connectivity index (χ0) is 27.6. The van der Waals surface area contributed by atoms with Gasteiger partial charge in [0.15, 0.2) is 11.5 Å². The number of H-pyrrole nitrogens is 1. The number of ether oxygens (including phenoxy) is 3. The Morgan fingerprint density at radius 1 is 1.13 bits per heavy atom. The van der Waals surface area contributed by atoms with Crippen LogP contribution in [-0.2, 0) is 20.8 Å². The smallest absolute Gasteiger partial charge is 0.327 e. The third-order valence-corrected chi connectivity index (χ3v) is 6.45. The fourth-order valence-electron chi connectivity index (χ4n) is 4.17. The third-order valence-electron chi connectivity index (χ3n) is 6.45. The lowest BCUT2D eigenvalue weighted by Crippen LogP contribution is -2.36. The minimum absolute atomic E-state index is 0.193. The van der Waals surface area contributed by atoms with Crippen molar-refractivity contribution in [3.8, 4) is 6.01 Å². The molecular weight excluding hydrogens is 490 g/mol. The Balaban J connectivity index is 0.000000550. The molecule has 0 radical (unpaired) electrons. The Labute approximate surface area is 225 Å². The number of piperidine rings is 1. The van der Waals surface area contributed by atoms with Crippen molar-refractivity contribution in [3.05, 3.63) is 10.5 Å². The Hall–Kier alpha value is -2.54. The second kappa shape index (κ2) is 18.7. The summed E-state index contributed by atoms with van der Waals surface area (Å²) in [4.78, 5) is 36.3. The number of nitrogen functional groups attached to an aromatic ring is 1. The largest absolute Gasteiger partial charge is 0.463 e. The van der Waals surface area contributed by atoms with E-state index in [1.165, 1.54) is 6.42 Å². The molecule has 3 heterocycles. The summed E-state index contributed by atoms with van der Waals surface area (Å²) in [6.07, 6.45) is 8.02. The average molecular weight is 538 g/mol. The number of carbonyl (C=O) groups is 1. The van der Waals surface area contributed by atoms with Gasteiger partial charge in [-0.3, -0.25) is 9.47 Å². The van der Waals surface area contributed by atoms with Crippen LogP contribution in [-0.4, -0.2) is 97.5 Å². The molecule has 0 bridgehead atoms. The molecule has 1 aliphatic rings. The Bertz CT molecular complexity index is 967. The predicted molar refractivity (Wildman–Crippen MR) is 149 cm³/mol. The van der Waals surface area contributed by atoms with Crippen molar-refractivity contribution in [2.24, 2.45) is 5.92 Å². The first kappa shape index (κ1) is 31.7. The Morgan fingerprint density at radius 2 is 1.92 bits per heavy atom. The van der Waals surface area contributed by atoms with E-state index in [2.05, 4.69) is 32.1 Å². The highest BCUT2D eigenvalue weighted by Gasteiger charge is 2.19. The molecule has 2 aromatic rings. The van der Waals surface area contributed by atoms with Gasteiger partial charge in [0, 0.05) is 33.5 Å². The maximum atomic E-state index is 12.3. The lowest BCUT2D eigenvalue weighted by molar-refractivity contribution is -0.109. The molecule has 0 spiro atoms. The summed E-state index contributed by atoms with van der Waals surface area (Å²) in [5.41, 5.74) is 6.60. The van der Waals surface area contributed by atoms with Gasteiger partial charge in [0.2, 0.25) is 0 Å². The topological polar surface area (TPSA) is 150 Å². The number of unbranched alkanes of at least 4 members (excludes halogenated alkanes) is 2. The number of methoxy groups -OCH3 is 1.